The molecule has 1 N–H and O–H groups in total. The summed E-state index contributed by atoms with van der Waals surface area (Å²) in [5.74, 6) is -0.984. The summed E-state index contributed by atoms with van der Waals surface area (Å²) in [5.41, 5.74) is 2.24. The summed E-state index contributed by atoms with van der Waals surface area (Å²) in [4.78, 5) is 42.1. The van der Waals surface area contributed by atoms with Crippen molar-refractivity contribution in [2.24, 2.45) is 0 Å². The van der Waals surface area contributed by atoms with Gasteiger partial charge in [0.15, 0.2) is 0 Å². The lowest BCUT2D eigenvalue weighted by atomic mass is 10.1. The zero-order valence-electron chi connectivity index (χ0n) is 13.5. The topological polar surface area (TPSA) is 79.4 Å². The van der Waals surface area contributed by atoms with E-state index >= 15 is 0 Å². The van der Waals surface area contributed by atoms with Crippen molar-refractivity contribution in [3.8, 4) is 0 Å². The summed E-state index contributed by atoms with van der Waals surface area (Å²) < 4.78 is 0. The third-order valence-electron chi connectivity index (χ3n) is 4.10. The molecule has 2 heterocycles. The summed E-state index contributed by atoms with van der Waals surface area (Å²) in [6.45, 7) is 0. The lowest BCUT2D eigenvalue weighted by Crippen LogP contribution is -2.29. The van der Waals surface area contributed by atoms with Crippen molar-refractivity contribution in [2.75, 3.05) is 10.2 Å². The Hall–Kier alpha value is -3.80. The Bertz CT molecular complexity index is 979. The monoisotopic (exact) mass is 343 g/mol. The van der Waals surface area contributed by atoms with Gasteiger partial charge in [-0.05, 0) is 48.5 Å². The molecule has 6 heteroatoms. The van der Waals surface area contributed by atoms with E-state index in [1.807, 2.05) is 0 Å². The number of anilines is 2. The molecular weight excluding hydrogens is 330 g/mol. The molecule has 4 rings (SSSR count). The first-order valence-corrected chi connectivity index (χ1v) is 7.94. The normalized spacial score (nSPS) is 12.8. The van der Waals surface area contributed by atoms with Crippen LogP contribution in [0.15, 0.2) is 73.1 Å². The van der Waals surface area contributed by atoms with Crippen molar-refractivity contribution in [1.82, 2.24) is 4.98 Å². The lowest BCUT2D eigenvalue weighted by Gasteiger charge is -2.14. The van der Waals surface area contributed by atoms with Gasteiger partial charge >= 0.3 is 0 Å². The fourth-order valence-corrected chi connectivity index (χ4v) is 2.82. The van der Waals surface area contributed by atoms with Crippen LogP contribution in [0.25, 0.3) is 0 Å². The second-order valence-electron chi connectivity index (χ2n) is 5.73. The van der Waals surface area contributed by atoms with E-state index in [1.165, 1.54) is 6.20 Å². The number of carbonyl (C=O) groups is 3. The van der Waals surface area contributed by atoms with Crippen LogP contribution in [0.1, 0.15) is 31.1 Å². The van der Waals surface area contributed by atoms with E-state index in [2.05, 4.69) is 10.3 Å². The van der Waals surface area contributed by atoms with E-state index in [0.29, 0.717) is 28.1 Å². The molecule has 0 unspecified atom stereocenters. The first-order valence-electron chi connectivity index (χ1n) is 7.94. The second kappa shape index (κ2) is 6.25. The van der Waals surface area contributed by atoms with Crippen LogP contribution < -0.4 is 10.2 Å². The first-order chi connectivity index (χ1) is 12.6. The number of carbonyl (C=O) groups excluding carboxylic acids is 3. The van der Waals surface area contributed by atoms with Crippen molar-refractivity contribution in [3.05, 3.63) is 89.7 Å². The number of hydrogen-bond acceptors (Lipinski definition) is 4. The van der Waals surface area contributed by atoms with Crippen LogP contribution in [-0.2, 0) is 0 Å². The molecule has 26 heavy (non-hydrogen) atoms. The highest BCUT2D eigenvalue weighted by Gasteiger charge is 2.36. The lowest BCUT2D eigenvalue weighted by molar-refractivity contribution is 0.0924. The molecule has 0 fully saturated rings. The Morgan fingerprint density at radius 1 is 0.846 bits per heavy atom. The fraction of sp³-hybridized carbons (Fsp3) is 0. The van der Waals surface area contributed by atoms with Gasteiger partial charge < -0.3 is 5.32 Å². The van der Waals surface area contributed by atoms with Crippen LogP contribution in [0.4, 0.5) is 11.4 Å². The van der Waals surface area contributed by atoms with Crippen LogP contribution in [0.5, 0.6) is 0 Å². The largest absolute Gasteiger partial charge is 0.322 e. The van der Waals surface area contributed by atoms with Gasteiger partial charge in [-0.15, -0.1) is 0 Å². The average Bonchev–Trinajstić information content (AvgIpc) is 2.94. The number of nitrogens with zero attached hydrogens (tertiary/aromatic N) is 2. The van der Waals surface area contributed by atoms with Gasteiger partial charge in [-0.3, -0.25) is 19.4 Å². The maximum absolute atomic E-state index is 12.5. The smallest absolute Gasteiger partial charge is 0.266 e. The molecule has 1 aliphatic heterocycles. The number of rotatable bonds is 3. The number of aromatic nitrogens is 1. The molecule has 6 nitrogen and oxygen atoms in total. The fourth-order valence-electron chi connectivity index (χ4n) is 2.82. The van der Waals surface area contributed by atoms with Gasteiger partial charge in [0.1, 0.15) is 0 Å². The van der Waals surface area contributed by atoms with Crippen LogP contribution in [0, 0.1) is 0 Å². The Labute approximate surface area is 149 Å². The molecular formula is C20H13N3O3. The zero-order valence-corrected chi connectivity index (χ0v) is 13.5. The molecule has 1 aliphatic rings. The van der Waals surface area contributed by atoms with Gasteiger partial charge in [0, 0.05) is 18.1 Å². The second-order valence-corrected chi connectivity index (χ2v) is 5.73. The highest BCUT2D eigenvalue weighted by Crippen LogP contribution is 2.29. The number of imide groups is 1. The summed E-state index contributed by atoms with van der Waals surface area (Å²) in [6, 6.07) is 16.6. The summed E-state index contributed by atoms with van der Waals surface area (Å²) in [5, 5.41) is 2.75. The van der Waals surface area contributed by atoms with Gasteiger partial charge in [0.25, 0.3) is 17.7 Å². The molecule has 3 amide bonds. The van der Waals surface area contributed by atoms with E-state index in [0.717, 1.165) is 4.90 Å². The van der Waals surface area contributed by atoms with Gasteiger partial charge in [0.2, 0.25) is 0 Å². The Morgan fingerprint density at radius 2 is 1.50 bits per heavy atom. The summed E-state index contributed by atoms with van der Waals surface area (Å²) in [6.07, 6.45) is 3.07. The molecule has 126 valence electrons. The van der Waals surface area contributed by atoms with E-state index in [1.54, 1.807) is 66.9 Å². The third kappa shape index (κ3) is 2.63. The maximum Gasteiger partial charge on any atom is 0.266 e. The van der Waals surface area contributed by atoms with Gasteiger partial charge in [0.05, 0.1) is 22.4 Å². The SMILES string of the molecule is O=C(Nc1ccc(N2C(=O)c3ccccc3C2=O)cc1)c1cccnc1. The molecule has 0 aliphatic carbocycles. The van der Waals surface area contributed by atoms with Crippen LogP contribution in [0.2, 0.25) is 0 Å². The number of nitrogens with one attached hydrogen (secondary N) is 1. The van der Waals surface area contributed by atoms with E-state index in [9.17, 15) is 14.4 Å². The minimum absolute atomic E-state index is 0.286. The standard InChI is InChI=1S/C20H13N3O3/c24-18(13-4-3-11-21-12-13)22-14-7-9-15(10-8-14)23-19(25)16-5-1-2-6-17(16)20(23)26/h1-12H,(H,22,24). The molecule has 2 aromatic carbocycles. The predicted molar refractivity (Wildman–Crippen MR) is 96.2 cm³/mol. The Kier molecular flexibility index (Phi) is 3.78. The zero-order chi connectivity index (χ0) is 18.1. The predicted octanol–water partition coefficient (Wildman–Crippen LogP) is 3.13. The maximum atomic E-state index is 12.5. The Balaban J connectivity index is 1.55. The number of benzene rings is 2. The summed E-state index contributed by atoms with van der Waals surface area (Å²) in [7, 11) is 0. The molecule has 1 aromatic heterocycles. The highest BCUT2D eigenvalue weighted by molar-refractivity contribution is 6.34. The minimum atomic E-state index is -0.349. The quantitative estimate of drug-likeness (QED) is 0.741. The van der Waals surface area contributed by atoms with Gasteiger partial charge in [-0.1, -0.05) is 12.1 Å². The van der Waals surface area contributed by atoms with Gasteiger partial charge in [-0.25, -0.2) is 4.90 Å². The molecule has 0 saturated heterocycles. The van der Waals surface area contributed by atoms with E-state index in [-0.39, 0.29) is 17.7 Å². The molecule has 0 saturated carbocycles. The van der Waals surface area contributed by atoms with Crippen molar-refractivity contribution in [3.63, 3.8) is 0 Å². The van der Waals surface area contributed by atoms with E-state index < -0.39 is 0 Å². The van der Waals surface area contributed by atoms with Gasteiger partial charge in [-0.2, -0.15) is 0 Å². The number of hydrogen-bond donors (Lipinski definition) is 1. The van der Waals surface area contributed by atoms with Crippen molar-refractivity contribution in [1.29, 1.82) is 0 Å². The van der Waals surface area contributed by atoms with Crippen molar-refractivity contribution < 1.29 is 14.4 Å². The third-order valence-corrected chi connectivity index (χ3v) is 4.10. The van der Waals surface area contributed by atoms with Crippen molar-refractivity contribution >= 4 is 29.1 Å². The number of pyridine rings is 1. The average molecular weight is 343 g/mol. The molecule has 0 bridgehead atoms. The first kappa shape index (κ1) is 15.7. The summed E-state index contributed by atoms with van der Waals surface area (Å²) >= 11 is 0. The van der Waals surface area contributed by atoms with Crippen LogP contribution in [0.3, 0.4) is 0 Å². The number of fused-ring (bicyclic) bond motifs is 1. The van der Waals surface area contributed by atoms with Crippen molar-refractivity contribution in [2.45, 2.75) is 0 Å². The minimum Gasteiger partial charge on any atom is -0.322 e. The highest BCUT2D eigenvalue weighted by atomic mass is 16.2. The molecule has 3 aromatic rings. The molecule has 0 atom stereocenters. The van der Waals surface area contributed by atoms with Crippen LogP contribution in [-0.4, -0.2) is 22.7 Å². The van der Waals surface area contributed by atoms with Crippen LogP contribution >= 0.6 is 0 Å². The molecule has 0 radical (unpaired) electrons. The Morgan fingerprint density at radius 3 is 2.08 bits per heavy atom. The van der Waals surface area contributed by atoms with E-state index in [4.69, 9.17) is 0 Å². The number of amides is 3. The molecule has 0 spiro atoms.